The maximum absolute atomic E-state index is 11.5. The molecule has 0 rings (SSSR count). The summed E-state index contributed by atoms with van der Waals surface area (Å²) in [5, 5.41) is 8.60. The molecule has 1 N–H and O–H groups in total. The zero-order chi connectivity index (χ0) is 30.9. The fourth-order valence-electron chi connectivity index (χ4n) is 3.09. The van der Waals surface area contributed by atoms with Crippen molar-refractivity contribution in [3.8, 4) is 0 Å². The van der Waals surface area contributed by atoms with Crippen molar-refractivity contribution < 1.29 is 19.4 Å². The Kier molecular flexibility index (Phi) is 21.3. The molecule has 41 heavy (non-hydrogen) atoms. The van der Waals surface area contributed by atoms with Crippen molar-refractivity contribution >= 4 is 11.9 Å². The molecule has 0 amide bonds. The fraction of sp³-hybridized carbons (Fsp3) is 0.297. The molecule has 4 nitrogen and oxygen atoms in total. The van der Waals surface area contributed by atoms with E-state index in [4.69, 9.17) is 9.84 Å². The van der Waals surface area contributed by atoms with Crippen LogP contribution in [-0.2, 0) is 14.3 Å². The Morgan fingerprint density at radius 1 is 0.610 bits per heavy atom. The quantitative estimate of drug-likeness (QED) is 0.104. The summed E-state index contributed by atoms with van der Waals surface area (Å²) < 4.78 is 5.08. The number of esters is 1. The van der Waals surface area contributed by atoms with Crippen LogP contribution < -0.4 is 0 Å². The second-order valence-corrected chi connectivity index (χ2v) is 9.86. The van der Waals surface area contributed by atoms with Gasteiger partial charge in [0.25, 0.3) is 0 Å². The Bertz CT molecular complexity index is 1190. The minimum absolute atomic E-state index is 0.0987. The van der Waals surface area contributed by atoms with Crippen LogP contribution in [0.2, 0.25) is 0 Å². The molecular weight excluding hydrogens is 508 g/mol. The Labute approximate surface area is 248 Å². The number of rotatable bonds is 18. The highest BCUT2D eigenvalue weighted by molar-refractivity contribution is 5.76. The molecule has 220 valence electrons. The van der Waals surface area contributed by atoms with Crippen molar-refractivity contribution in [3.05, 3.63) is 143 Å². The lowest BCUT2D eigenvalue weighted by atomic mass is 10.1. The summed E-state index contributed by atoms with van der Waals surface area (Å²) in [7, 11) is 0. The normalized spacial score (nSPS) is 14.9. The Morgan fingerprint density at radius 2 is 1.07 bits per heavy atom. The van der Waals surface area contributed by atoms with Gasteiger partial charge < -0.3 is 9.84 Å². The predicted molar refractivity (Wildman–Crippen MR) is 176 cm³/mol. The van der Waals surface area contributed by atoms with Crippen LogP contribution in [0.3, 0.4) is 0 Å². The summed E-state index contributed by atoms with van der Waals surface area (Å²) in [5.74, 6) is -1.48. The number of carbonyl (C=O) groups excluding carboxylic acids is 1. The molecule has 4 heteroatoms. The molecule has 0 unspecified atom stereocenters. The van der Waals surface area contributed by atoms with Gasteiger partial charge in [-0.1, -0.05) is 138 Å². The van der Waals surface area contributed by atoms with Gasteiger partial charge in [0.2, 0.25) is 0 Å². The second kappa shape index (κ2) is 23.7. The first-order valence-electron chi connectivity index (χ1n) is 13.9. The monoisotopic (exact) mass is 556 g/mol. The lowest BCUT2D eigenvalue weighted by Gasteiger charge is -2.04. The van der Waals surface area contributed by atoms with Crippen molar-refractivity contribution in [2.75, 3.05) is 6.61 Å². The molecule has 0 spiro atoms. The highest BCUT2D eigenvalue weighted by atomic mass is 16.5. The van der Waals surface area contributed by atoms with Gasteiger partial charge in [0, 0.05) is 0 Å². The van der Waals surface area contributed by atoms with E-state index in [0.717, 1.165) is 29.6 Å². The lowest BCUT2D eigenvalue weighted by Crippen LogP contribution is -2.08. The van der Waals surface area contributed by atoms with Crippen LogP contribution in [0.25, 0.3) is 0 Å². The number of allylic oxidation sites excluding steroid dienone is 22. The van der Waals surface area contributed by atoms with Crippen LogP contribution in [-0.4, -0.2) is 23.7 Å². The van der Waals surface area contributed by atoms with Crippen LogP contribution in [0.1, 0.15) is 67.2 Å². The molecule has 0 aliphatic carbocycles. The largest absolute Gasteiger partial charge is 0.481 e. The molecule has 0 fully saturated rings. The van der Waals surface area contributed by atoms with Gasteiger partial charge in [0.1, 0.15) is 6.61 Å². The number of carboxylic acid groups (broad SMARTS) is 1. The van der Waals surface area contributed by atoms with Gasteiger partial charge in [-0.15, -0.1) is 0 Å². The Hall–Kier alpha value is -4.18. The third kappa shape index (κ3) is 24.6. The SMILES string of the molecule is C=CC=CC(C)=CC=CC(C)=CC=CC=C(C)C=CC=C(C)C=CC=C(C)CCC=C(C)COC(=O)CCC(=O)O. The third-order valence-corrected chi connectivity index (χ3v) is 5.54. The first kappa shape index (κ1) is 36.8. The summed E-state index contributed by atoms with van der Waals surface area (Å²) in [5.41, 5.74) is 6.88. The Balaban J connectivity index is 4.59. The van der Waals surface area contributed by atoms with Gasteiger partial charge in [-0.3, -0.25) is 9.59 Å². The number of carbonyl (C=O) groups is 2. The minimum atomic E-state index is -1.00. The topological polar surface area (TPSA) is 63.6 Å². The molecule has 0 heterocycles. The number of hydrogen-bond acceptors (Lipinski definition) is 3. The van der Waals surface area contributed by atoms with Crippen molar-refractivity contribution in [2.24, 2.45) is 0 Å². The highest BCUT2D eigenvalue weighted by Crippen LogP contribution is 2.09. The smallest absolute Gasteiger partial charge is 0.306 e. The van der Waals surface area contributed by atoms with Crippen LogP contribution in [0.5, 0.6) is 0 Å². The van der Waals surface area contributed by atoms with Crippen molar-refractivity contribution in [1.29, 1.82) is 0 Å². The van der Waals surface area contributed by atoms with Crippen LogP contribution in [0, 0.1) is 0 Å². The first-order valence-corrected chi connectivity index (χ1v) is 13.9. The van der Waals surface area contributed by atoms with E-state index in [1.165, 1.54) is 16.7 Å². The molecular formula is C37H48O4. The van der Waals surface area contributed by atoms with Gasteiger partial charge in [-0.25, -0.2) is 0 Å². The maximum atomic E-state index is 11.5. The summed E-state index contributed by atoms with van der Waals surface area (Å²) in [4.78, 5) is 22.0. The zero-order valence-electron chi connectivity index (χ0n) is 25.7. The van der Waals surface area contributed by atoms with Gasteiger partial charge in [0.15, 0.2) is 0 Å². The van der Waals surface area contributed by atoms with Crippen molar-refractivity contribution in [1.82, 2.24) is 0 Å². The molecule has 0 atom stereocenters. The standard InChI is InChI=1S/C37H48O4/c1-8-9-16-30(2)19-12-20-31(3)17-10-11-18-32(4)21-13-22-33(5)23-14-24-34(6)25-15-26-35(7)29-41-37(40)28-27-36(38)39/h8-14,16-24,26H,1,15,25,27-29H2,2-7H3,(H,38,39). The average Bonchev–Trinajstić information content (AvgIpc) is 2.91. The van der Waals surface area contributed by atoms with E-state index in [9.17, 15) is 9.59 Å². The lowest BCUT2D eigenvalue weighted by molar-refractivity contribution is -0.147. The molecule has 0 aromatic rings. The molecule has 0 aromatic carbocycles. The van der Waals surface area contributed by atoms with E-state index in [2.05, 4.69) is 102 Å². The van der Waals surface area contributed by atoms with Crippen LogP contribution >= 0.6 is 0 Å². The van der Waals surface area contributed by atoms with Crippen LogP contribution in [0.15, 0.2) is 143 Å². The number of hydrogen-bond donors (Lipinski definition) is 1. The van der Waals surface area contributed by atoms with Crippen LogP contribution in [0.4, 0.5) is 0 Å². The average molecular weight is 557 g/mol. The van der Waals surface area contributed by atoms with E-state index < -0.39 is 11.9 Å². The van der Waals surface area contributed by atoms with Gasteiger partial charge in [-0.05, 0) is 60.0 Å². The fourth-order valence-corrected chi connectivity index (χ4v) is 3.09. The minimum Gasteiger partial charge on any atom is -0.481 e. The highest BCUT2D eigenvalue weighted by Gasteiger charge is 2.06. The van der Waals surface area contributed by atoms with Gasteiger partial charge in [0.05, 0.1) is 12.8 Å². The van der Waals surface area contributed by atoms with E-state index in [-0.39, 0.29) is 19.4 Å². The van der Waals surface area contributed by atoms with Gasteiger partial charge in [-0.2, -0.15) is 0 Å². The van der Waals surface area contributed by atoms with Crippen molar-refractivity contribution in [3.63, 3.8) is 0 Å². The van der Waals surface area contributed by atoms with Gasteiger partial charge >= 0.3 is 11.9 Å². The van der Waals surface area contributed by atoms with E-state index in [1.54, 1.807) is 6.08 Å². The summed E-state index contributed by atoms with van der Waals surface area (Å²) in [6.45, 7) is 16.1. The zero-order valence-corrected chi connectivity index (χ0v) is 25.7. The molecule has 0 aromatic heterocycles. The number of carboxylic acids is 1. The van der Waals surface area contributed by atoms with E-state index in [0.29, 0.717) is 0 Å². The maximum Gasteiger partial charge on any atom is 0.306 e. The molecule has 0 bridgehead atoms. The molecule has 0 aliphatic heterocycles. The third-order valence-electron chi connectivity index (χ3n) is 5.54. The summed E-state index contributed by atoms with van der Waals surface area (Å²) >= 11 is 0. The molecule has 0 aliphatic rings. The Morgan fingerprint density at radius 3 is 1.56 bits per heavy atom. The molecule has 0 saturated heterocycles. The molecule has 0 radical (unpaired) electrons. The summed E-state index contributed by atoms with van der Waals surface area (Å²) in [6, 6.07) is 0. The summed E-state index contributed by atoms with van der Waals surface area (Å²) in [6.07, 6.45) is 36.1. The number of ether oxygens (including phenoxy) is 1. The number of aliphatic carboxylic acids is 1. The first-order chi connectivity index (χ1) is 19.5. The van der Waals surface area contributed by atoms with Crippen molar-refractivity contribution in [2.45, 2.75) is 67.2 Å². The van der Waals surface area contributed by atoms with E-state index in [1.807, 2.05) is 43.4 Å². The molecule has 0 saturated carbocycles. The predicted octanol–water partition coefficient (Wildman–Crippen LogP) is 9.82. The van der Waals surface area contributed by atoms with E-state index >= 15 is 0 Å². The second-order valence-electron chi connectivity index (χ2n) is 9.86.